The number of thiazole rings is 1. The number of nitrogens with zero attached hydrogens (tertiary/aromatic N) is 1. The first-order valence-corrected chi connectivity index (χ1v) is 4.42. The monoisotopic (exact) mass is 172 g/mol. The summed E-state index contributed by atoms with van der Waals surface area (Å²) in [6.45, 7) is 4.66. The van der Waals surface area contributed by atoms with Gasteiger partial charge in [-0.15, -0.1) is 11.3 Å². The van der Waals surface area contributed by atoms with Crippen molar-refractivity contribution in [2.45, 2.75) is 6.92 Å². The van der Waals surface area contributed by atoms with E-state index >= 15 is 0 Å². The van der Waals surface area contributed by atoms with Gasteiger partial charge in [0.25, 0.3) is 0 Å². The molecule has 1 aliphatic rings. The first-order chi connectivity index (χ1) is 5.39. The number of ether oxygens (including phenoxy) is 1. The molecule has 1 aromatic rings. The van der Waals surface area contributed by atoms with Crippen LogP contribution >= 0.6 is 11.3 Å². The highest BCUT2D eigenvalue weighted by atomic mass is 32.1. The predicted octanol–water partition coefficient (Wildman–Crippen LogP) is 1.02. The third kappa shape index (κ3) is 4.08. The fourth-order valence-corrected chi connectivity index (χ4v) is 1.10. The average molecular weight is 172 g/mol. The molecule has 1 fully saturated rings. The van der Waals surface area contributed by atoms with Crippen LogP contribution in [0.15, 0.2) is 11.6 Å². The number of aromatic nitrogens is 1. The Morgan fingerprint density at radius 2 is 2.64 bits per heavy atom. The molecule has 0 aromatic carbocycles. The molecule has 11 heavy (non-hydrogen) atoms. The summed E-state index contributed by atoms with van der Waals surface area (Å²) in [5.41, 5.74) is 0. The Labute approximate surface area is 70.4 Å². The Morgan fingerprint density at radius 3 is 2.82 bits per heavy atom. The Balaban J connectivity index is 0.000000112. The first kappa shape index (κ1) is 8.64. The molecule has 0 amide bonds. The van der Waals surface area contributed by atoms with E-state index in [1.807, 2.05) is 12.3 Å². The van der Waals surface area contributed by atoms with Gasteiger partial charge in [0.2, 0.25) is 0 Å². The molecule has 4 heteroatoms. The fraction of sp³-hybridized carbons (Fsp3) is 0.571. The van der Waals surface area contributed by atoms with Crippen molar-refractivity contribution in [3.8, 4) is 0 Å². The first-order valence-electron chi connectivity index (χ1n) is 3.54. The van der Waals surface area contributed by atoms with Gasteiger partial charge in [-0.2, -0.15) is 0 Å². The van der Waals surface area contributed by atoms with E-state index in [2.05, 4.69) is 10.3 Å². The Morgan fingerprint density at radius 1 is 1.73 bits per heavy atom. The van der Waals surface area contributed by atoms with E-state index in [4.69, 9.17) is 4.74 Å². The minimum Gasteiger partial charge on any atom is -0.365 e. The molecule has 1 N–H and O–H groups in total. The Bertz CT molecular complexity index is 165. The van der Waals surface area contributed by atoms with E-state index in [1.165, 1.54) is 0 Å². The number of hydrogen-bond acceptors (Lipinski definition) is 4. The normalized spacial score (nSPS) is 15.7. The Hall–Kier alpha value is -0.450. The van der Waals surface area contributed by atoms with Crippen molar-refractivity contribution < 1.29 is 4.74 Å². The van der Waals surface area contributed by atoms with Crippen molar-refractivity contribution in [1.82, 2.24) is 10.3 Å². The molecule has 0 aliphatic carbocycles. The van der Waals surface area contributed by atoms with E-state index in [1.54, 1.807) is 17.5 Å². The number of nitrogens with one attached hydrogen (secondary N) is 1. The summed E-state index contributed by atoms with van der Waals surface area (Å²) in [7, 11) is 0. The second-order valence-electron chi connectivity index (χ2n) is 2.10. The van der Waals surface area contributed by atoms with Crippen LogP contribution in [-0.4, -0.2) is 24.9 Å². The second kappa shape index (κ2) is 5.23. The number of hydrogen-bond donors (Lipinski definition) is 1. The summed E-state index contributed by atoms with van der Waals surface area (Å²) < 4.78 is 4.83. The lowest BCUT2D eigenvalue weighted by atomic mass is 10.7. The summed E-state index contributed by atoms with van der Waals surface area (Å²) in [5, 5.41) is 6.10. The molecular weight excluding hydrogens is 160 g/mol. The van der Waals surface area contributed by atoms with Crippen LogP contribution in [0.1, 0.15) is 5.01 Å². The van der Waals surface area contributed by atoms with Crippen molar-refractivity contribution in [1.29, 1.82) is 0 Å². The van der Waals surface area contributed by atoms with Crippen molar-refractivity contribution in [2.24, 2.45) is 0 Å². The van der Waals surface area contributed by atoms with Gasteiger partial charge in [0, 0.05) is 18.1 Å². The topological polar surface area (TPSA) is 34.1 Å². The Kier molecular flexibility index (Phi) is 4.11. The summed E-state index contributed by atoms with van der Waals surface area (Å²) in [4.78, 5) is 3.94. The van der Waals surface area contributed by atoms with E-state index in [-0.39, 0.29) is 0 Å². The van der Waals surface area contributed by atoms with Crippen LogP contribution in [0.25, 0.3) is 0 Å². The van der Waals surface area contributed by atoms with Gasteiger partial charge in [-0.25, -0.2) is 0 Å². The van der Waals surface area contributed by atoms with Crippen molar-refractivity contribution in [2.75, 3.05) is 19.9 Å². The summed E-state index contributed by atoms with van der Waals surface area (Å²) in [6.07, 6.45) is 1.81. The maximum absolute atomic E-state index is 4.83. The van der Waals surface area contributed by atoms with Crippen molar-refractivity contribution in [3.63, 3.8) is 0 Å². The van der Waals surface area contributed by atoms with Gasteiger partial charge < -0.3 is 4.74 Å². The molecule has 1 saturated heterocycles. The summed E-state index contributed by atoms with van der Waals surface area (Å²) in [5.74, 6) is 0. The number of rotatable bonds is 0. The van der Waals surface area contributed by atoms with Crippen LogP contribution in [0.4, 0.5) is 0 Å². The highest BCUT2D eigenvalue weighted by Crippen LogP contribution is 1.98. The zero-order valence-corrected chi connectivity index (χ0v) is 7.36. The molecule has 0 saturated carbocycles. The molecule has 62 valence electrons. The average Bonchev–Trinajstić information content (AvgIpc) is 2.57. The van der Waals surface area contributed by atoms with E-state index in [0.29, 0.717) is 0 Å². The molecule has 0 spiro atoms. The van der Waals surface area contributed by atoms with Crippen molar-refractivity contribution in [3.05, 3.63) is 16.6 Å². The molecule has 0 bridgehead atoms. The summed E-state index contributed by atoms with van der Waals surface area (Å²) in [6, 6.07) is 0. The molecule has 3 nitrogen and oxygen atoms in total. The molecule has 2 rings (SSSR count). The highest BCUT2D eigenvalue weighted by molar-refractivity contribution is 7.09. The quantitative estimate of drug-likeness (QED) is 0.634. The predicted molar refractivity (Wildman–Crippen MR) is 45.7 cm³/mol. The maximum Gasteiger partial charge on any atom is 0.0966 e. The van der Waals surface area contributed by atoms with Gasteiger partial charge in [-0.1, -0.05) is 0 Å². The van der Waals surface area contributed by atoms with Crippen LogP contribution in [0.5, 0.6) is 0 Å². The van der Waals surface area contributed by atoms with Gasteiger partial charge >= 0.3 is 0 Å². The van der Waals surface area contributed by atoms with E-state index in [9.17, 15) is 0 Å². The lowest BCUT2D eigenvalue weighted by molar-refractivity contribution is 0.194. The highest BCUT2D eigenvalue weighted by Gasteiger charge is 1.92. The maximum atomic E-state index is 4.83. The SMILES string of the molecule is C1COCN1.Cc1nccs1. The molecule has 0 unspecified atom stereocenters. The standard InChI is InChI=1S/C4H5NS.C3H7NO/c1-4-5-2-3-6-4;1-2-5-3-4-1/h2-3H,1H3;4H,1-3H2. The largest absolute Gasteiger partial charge is 0.365 e. The van der Waals surface area contributed by atoms with Gasteiger partial charge in [-0.3, -0.25) is 10.3 Å². The molecule has 1 aromatic heterocycles. The number of aryl methyl sites for hydroxylation is 1. The molecule has 0 radical (unpaired) electrons. The van der Waals surface area contributed by atoms with Crippen molar-refractivity contribution >= 4 is 11.3 Å². The summed E-state index contributed by atoms with van der Waals surface area (Å²) >= 11 is 1.67. The smallest absolute Gasteiger partial charge is 0.0966 e. The van der Waals surface area contributed by atoms with Gasteiger partial charge in [0.15, 0.2) is 0 Å². The third-order valence-corrected chi connectivity index (χ3v) is 1.89. The second-order valence-corrected chi connectivity index (χ2v) is 3.20. The van der Waals surface area contributed by atoms with E-state index < -0.39 is 0 Å². The molecule has 0 atom stereocenters. The van der Waals surface area contributed by atoms with Gasteiger partial charge in [0.05, 0.1) is 18.3 Å². The molecular formula is C7H12N2OS. The van der Waals surface area contributed by atoms with Gasteiger partial charge in [0.1, 0.15) is 0 Å². The molecule has 1 aliphatic heterocycles. The van der Waals surface area contributed by atoms with Crippen LogP contribution < -0.4 is 5.32 Å². The van der Waals surface area contributed by atoms with Crippen LogP contribution in [0, 0.1) is 6.92 Å². The lowest BCUT2D eigenvalue weighted by Crippen LogP contribution is -2.05. The third-order valence-electron chi connectivity index (χ3n) is 1.18. The van der Waals surface area contributed by atoms with Crippen LogP contribution in [0.2, 0.25) is 0 Å². The fourth-order valence-electron chi connectivity index (χ4n) is 0.656. The van der Waals surface area contributed by atoms with Crippen LogP contribution in [0.3, 0.4) is 0 Å². The zero-order valence-electron chi connectivity index (χ0n) is 6.54. The minimum absolute atomic E-state index is 0.750. The van der Waals surface area contributed by atoms with Crippen LogP contribution in [-0.2, 0) is 4.74 Å². The lowest BCUT2D eigenvalue weighted by Gasteiger charge is -1.76. The molecule has 2 heterocycles. The minimum atomic E-state index is 0.750. The zero-order chi connectivity index (χ0) is 7.94. The van der Waals surface area contributed by atoms with Gasteiger partial charge in [-0.05, 0) is 6.92 Å². The van der Waals surface area contributed by atoms with E-state index in [0.717, 1.165) is 24.9 Å².